The molecule has 6 nitrogen and oxygen atoms in total. The molecule has 1 heterocycles. The summed E-state index contributed by atoms with van der Waals surface area (Å²) < 4.78 is 0.941. The van der Waals surface area contributed by atoms with E-state index in [0.29, 0.717) is 16.9 Å². The average molecular weight is 445 g/mol. The van der Waals surface area contributed by atoms with Crippen LogP contribution in [0.15, 0.2) is 46.9 Å². The molecule has 0 aromatic heterocycles. The van der Waals surface area contributed by atoms with E-state index in [-0.39, 0.29) is 18.0 Å². The Hall–Kier alpha value is -2.54. The molecule has 148 valence electrons. The Morgan fingerprint density at radius 2 is 1.57 bits per heavy atom. The van der Waals surface area contributed by atoms with E-state index in [4.69, 9.17) is 0 Å². The molecule has 3 rings (SSSR count). The number of carbonyl (C=O) groups is 2. The van der Waals surface area contributed by atoms with E-state index < -0.39 is 0 Å². The highest BCUT2D eigenvalue weighted by atomic mass is 79.9. The summed E-state index contributed by atoms with van der Waals surface area (Å²) in [5.41, 5.74) is 2.75. The number of amides is 3. The molecule has 7 heteroatoms. The van der Waals surface area contributed by atoms with E-state index in [0.717, 1.165) is 36.1 Å². The molecule has 28 heavy (non-hydrogen) atoms. The molecule has 2 aromatic rings. The number of nitrogens with one attached hydrogen (secondary N) is 3. The molecular weight excluding hydrogens is 420 g/mol. The Bertz CT molecular complexity index is 846. The van der Waals surface area contributed by atoms with E-state index in [1.807, 2.05) is 50.2 Å². The van der Waals surface area contributed by atoms with Crippen molar-refractivity contribution in [3.05, 3.63) is 52.5 Å². The first-order chi connectivity index (χ1) is 13.4. The molecule has 1 fully saturated rings. The fourth-order valence-electron chi connectivity index (χ4n) is 3.20. The van der Waals surface area contributed by atoms with Crippen LogP contribution >= 0.6 is 15.9 Å². The van der Waals surface area contributed by atoms with Crippen LogP contribution in [0.1, 0.15) is 37.0 Å². The van der Waals surface area contributed by atoms with E-state index >= 15 is 0 Å². The van der Waals surface area contributed by atoms with Crippen molar-refractivity contribution in [2.45, 2.75) is 32.7 Å². The quantitative estimate of drug-likeness (QED) is 0.617. The molecule has 2 aromatic carbocycles. The van der Waals surface area contributed by atoms with Crippen molar-refractivity contribution in [2.24, 2.45) is 0 Å². The smallest absolute Gasteiger partial charge is 0.323 e. The Balaban J connectivity index is 1.77. The summed E-state index contributed by atoms with van der Waals surface area (Å²) in [5.74, 6) is -0.131. The fraction of sp³-hybridized carbons (Fsp3) is 0.333. The first kappa shape index (κ1) is 20.2. The topological polar surface area (TPSA) is 73.5 Å². The van der Waals surface area contributed by atoms with Gasteiger partial charge >= 0.3 is 6.03 Å². The molecule has 0 saturated carbocycles. The lowest BCUT2D eigenvalue weighted by Gasteiger charge is -2.22. The maximum atomic E-state index is 12.7. The van der Waals surface area contributed by atoms with Crippen molar-refractivity contribution in [2.75, 3.05) is 28.6 Å². The predicted octanol–water partition coefficient (Wildman–Crippen LogP) is 4.83. The van der Waals surface area contributed by atoms with Crippen molar-refractivity contribution in [1.29, 1.82) is 0 Å². The standard InChI is InChI=1S/C21H25BrN4O2/c1-14(2)23-20(27)18-13-17(9-10-19(18)26-11-3-4-12-26)25-21(28)24-16-7-5-15(22)6-8-16/h5-10,13-14H,3-4,11-12H2,1-2H3,(H,23,27)(H2,24,25,28). The summed E-state index contributed by atoms with van der Waals surface area (Å²) in [7, 11) is 0. The van der Waals surface area contributed by atoms with Crippen LogP contribution in [0.2, 0.25) is 0 Å². The summed E-state index contributed by atoms with van der Waals surface area (Å²) in [5, 5.41) is 8.55. The minimum absolute atomic E-state index is 0.0382. The molecular formula is C21H25BrN4O2. The lowest BCUT2D eigenvalue weighted by atomic mass is 10.1. The fourth-order valence-corrected chi connectivity index (χ4v) is 3.46. The van der Waals surface area contributed by atoms with Gasteiger partial charge in [-0.1, -0.05) is 15.9 Å². The van der Waals surface area contributed by atoms with Gasteiger partial charge in [0.2, 0.25) is 0 Å². The lowest BCUT2D eigenvalue weighted by molar-refractivity contribution is 0.0943. The Morgan fingerprint density at radius 1 is 0.964 bits per heavy atom. The third-order valence-corrected chi connectivity index (χ3v) is 5.00. The third-order valence-electron chi connectivity index (χ3n) is 4.47. The summed E-state index contributed by atoms with van der Waals surface area (Å²) >= 11 is 3.37. The van der Waals surface area contributed by atoms with Gasteiger partial charge in [0.25, 0.3) is 5.91 Å². The number of carbonyl (C=O) groups excluding carboxylic acids is 2. The van der Waals surface area contributed by atoms with Gasteiger partial charge in [-0.05, 0) is 69.2 Å². The normalized spacial score (nSPS) is 13.5. The molecule has 3 amide bonds. The Morgan fingerprint density at radius 3 is 2.21 bits per heavy atom. The van der Waals surface area contributed by atoms with Gasteiger partial charge in [-0.2, -0.15) is 0 Å². The SMILES string of the molecule is CC(C)NC(=O)c1cc(NC(=O)Nc2ccc(Br)cc2)ccc1N1CCCC1. The molecule has 0 aliphatic carbocycles. The van der Waals surface area contributed by atoms with Crippen LogP contribution in [0.5, 0.6) is 0 Å². The van der Waals surface area contributed by atoms with E-state index in [2.05, 4.69) is 36.8 Å². The van der Waals surface area contributed by atoms with Crippen molar-refractivity contribution in [3.8, 4) is 0 Å². The Labute approximate surface area is 173 Å². The van der Waals surface area contributed by atoms with Crippen LogP contribution in [0.25, 0.3) is 0 Å². The molecule has 0 unspecified atom stereocenters. The van der Waals surface area contributed by atoms with Crippen molar-refractivity contribution >= 4 is 44.9 Å². The van der Waals surface area contributed by atoms with Gasteiger partial charge in [0.05, 0.1) is 5.56 Å². The number of nitrogens with zero attached hydrogens (tertiary/aromatic N) is 1. The van der Waals surface area contributed by atoms with Crippen molar-refractivity contribution in [1.82, 2.24) is 5.32 Å². The highest BCUT2D eigenvalue weighted by Crippen LogP contribution is 2.28. The molecule has 1 saturated heterocycles. The molecule has 1 aliphatic heterocycles. The zero-order chi connectivity index (χ0) is 20.1. The maximum Gasteiger partial charge on any atom is 0.323 e. The van der Waals surface area contributed by atoms with Gasteiger partial charge in [0.1, 0.15) is 0 Å². The van der Waals surface area contributed by atoms with Crippen LogP contribution in [0, 0.1) is 0 Å². The largest absolute Gasteiger partial charge is 0.371 e. The summed E-state index contributed by atoms with van der Waals surface area (Å²) in [6, 6.07) is 12.5. The zero-order valence-electron chi connectivity index (χ0n) is 16.1. The number of benzene rings is 2. The highest BCUT2D eigenvalue weighted by molar-refractivity contribution is 9.10. The monoisotopic (exact) mass is 444 g/mol. The first-order valence-corrected chi connectivity index (χ1v) is 10.2. The number of urea groups is 1. The third kappa shape index (κ3) is 5.25. The van der Waals surface area contributed by atoms with E-state index in [1.54, 1.807) is 6.07 Å². The number of hydrogen-bond acceptors (Lipinski definition) is 3. The lowest BCUT2D eigenvalue weighted by Crippen LogP contribution is -2.32. The molecule has 0 atom stereocenters. The van der Waals surface area contributed by atoms with Crippen LogP contribution < -0.4 is 20.9 Å². The average Bonchev–Trinajstić information content (AvgIpc) is 3.17. The van der Waals surface area contributed by atoms with Gasteiger partial charge in [-0.25, -0.2) is 4.79 Å². The summed E-state index contributed by atoms with van der Waals surface area (Å²) in [6.07, 6.45) is 2.25. The van der Waals surface area contributed by atoms with Crippen LogP contribution in [0.4, 0.5) is 21.9 Å². The van der Waals surface area contributed by atoms with E-state index in [1.165, 1.54) is 0 Å². The van der Waals surface area contributed by atoms with Crippen LogP contribution in [0.3, 0.4) is 0 Å². The van der Waals surface area contributed by atoms with Gasteiger partial charge < -0.3 is 20.9 Å². The van der Waals surface area contributed by atoms with Gasteiger partial charge in [-0.3, -0.25) is 4.79 Å². The van der Waals surface area contributed by atoms with Crippen LogP contribution in [-0.2, 0) is 0 Å². The number of halogens is 1. The summed E-state index contributed by atoms with van der Waals surface area (Å²) in [4.78, 5) is 27.3. The van der Waals surface area contributed by atoms with Crippen molar-refractivity contribution < 1.29 is 9.59 Å². The number of anilines is 3. The first-order valence-electron chi connectivity index (χ1n) is 9.46. The minimum Gasteiger partial charge on any atom is -0.371 e. The summed E-state index contributed by atoms with van der Waals surface area (Å²) in [6.45, 7) is 5.75. The molecule has 0 spiro atoms. The number of rotatable bonds is 5. The van der Waals surface area contributed by atoms with Crippen LogP contribution in [-0.4, -0.2) is 31.1 Å². The molecule has 3 N–H and O–H groups in total. The second-order valence-corrected chi connectivity index (χ2v) is 8.06. The highest BCUT2D eigenvalue weighted by Gasteiger charge is 2.21. The second kappa shape index (κ2) is 9.10. The van der Waals surface area contributed by atoms with Crippen molar-refractivity contribution in [3.63, 3.8) is 0 Å². The van der Waals surface area contributed by atoms with Gasteiger partial charge in [-0.15, -0.1) is 0 Å². The minimum atomic E-state index is -0.355. The number of hydrogen-bond donors (Lipinski definition) is 3. The second-order valence-electron chi connectivity index (χ2n) is 7.14. The Kier molecular flexibility index (Phi) is 6.57. The predicted molar refractivity (Wildman–Crippen MR) is 117 cm³/mol. The molecule has 0 radical (unpaired) electrons. The van der Waals surface area contributed by atoms with E-state index in [9.17, 15) is 9.59 Å². The zero-order valence-corrected chi connectivity index (χ0v) is 17.7. The van der Waals surface area contributed by atoms with Gasteiger partial charge in [0, 0.05) is 40.7 Å². The maximum absolute atomic E-state index is 12.7. The van der Waals surface area contributed by atoms with Gasteiger partial charge in [0.15, 0.2) is 0 Å². The molecule has 0 bridgehead atoms. The molecule has 1 aliphatic rings.